The molecule has 0 unspecified atom stereocenters. The van der Waals surface area contributed by atoms with Gasteiger partial charge in [-0.3, -0.25) is 4.79 Å². The minimum Gasteiger partial charge on any atom is -0.873 e. The first-order valence-electron chi connectivity index (χ1n) is 9.46. The lowest BCUT2D eigenvalue weighted by Crippen LogP contribution is -2.62. The summed E-state index contributed by atoms with van der Waals surface area (Å²) in [5, 5.41) is 16.2. The predicted molar refractivity (Wildman–Crippen MR) is 96.2 cm³/mol. The lowest BCUT2D eigenvalue weighted by Gasteiger charge is -2.48. The maximum absolute atomic E-state index is 13.3. The van der Waals surface area contributed by atoms with Gasteiger partial charge in [0.2, 0.25) is 0 Å². The molecule has 2 fully saturated rings. The van der Waals surface area contributed by atoms with Crippen LogP contribution in [0.3, 0.4) is 0 Å². The van der Waals surface area contributed by atoms with Crippen LogP contribution >= 0.6 is 0 Å². The molecule has 2 heterocycles. The van der Waals surface area contributed by atoms with Crippen molar-refractivity contribution in [2.45, 2.75) is 64.2 Å². The Balaban J connectivity index is 1.68. The summed E-state index contributed by atoms with van der Waals surface area (Å²) in [6.45, 7) is 6.27. The minimum atomic E-state index is -1.08. The Bertz CT molecular complexity index is 756. The summed E-state index contributed by atoms with van der Waals surface area (Å²) in [6, 6.07) is 4.01. The molecular weight excluding hydrogens is 330 g/mol. The summed E-state index contributed by atoms with van der Waals surface area (Å²) in [5.74, 6) is -1.09. The molecular formula is C21H26NO4-. The number of amides is 1. The van der Waals surface area contributed by atoms with Crippen LogP contribution in [-0.2, 0) is 14.3 Å². The number of hydrogen-bond acceptors (Lipinski definition) is 4. The zero-order valence-corrected chi connectivity index (χ0v) is 15.7. The highest BCUT2D eigenvalue weighted by molar-refractivity contribution is 6.23. The Labute approximate surface area is 154 Å². The second-order valence-corrected chi connectivity index (χ2v) is 8.06. The number of aryl methyl sites for hydroxylation is 3. The largest absolute Gasteiger partial charge is 0.873 e. The Morgan fingerprint density at radius 3 is 2.15 bits per heavy atom. The van der Waals surface area contributed by atoms with E-state index in [1.165, 1.54) is 6.42 Å². The molecule has 0 radical (unpaired) electrons. The normalized spacial score (nSPS) is 24.3. The first kappa shape index (κ1) is 17.6. The van der Waals surface area contributed by atoms with Crippen LogP contribution in [0.15, 0.2) is 17.9 Å². The van der Waals surface area contributed by atoms with Gasteiger partial charge in [-0.2, -0.15) is 0 Å². The first-order valence-corrected chi connectivity index (χ1v) is 9.46. The topological polar surface area (TPSA) is 70.6 Å². The van der Waals surface area contributed by atoms with Gasteiger partial charge in [0.05, 0.1) is 18.8 Å². The fourth-order valence-electron chi connectivity index (χ4n) is 4.66. The molecule has 1 N–H and O–H groups in total. The van der Waals surface area contributed by atoms with Gasteiger partial charge in [-0.1, -0.05) is 29.9 Å². The van der Waals surface area contributed by atoms with Gasteiger partial charge in [0, 0.05) is 18.4 Å². The molecule has 2 aliphatic heterocycles. The minimum absolute atomic E-state index is 0.186. The molecule has 1 aliphatic carbocycles. The van der Waals surface area contributed by atoms with Gasteiger partial charge in [-0.05, 0) is 50.3 Å². The Hall–Kier alpha value is -1.85. The van der Waals surface area contributed by atoms with Gasteiger partial charge in [0.25, 0.3) is 5.91 Å². The molecule has 1 aromatic carbocycles. The van der Waals surface area contributed by atoms with Gasteiger partial charge in [-0.15, -0.1) is 0 Å². The lowest BCUT2D eigenvalue weighted by molar-refractivity contribution is -0.351. The molecule has 0 atom stereocenters. The third-order valence-corrected chi connectivity index (χ3v) is 5.95. The van der Waals surface area contributed by atoms with E-state index in [0.29, 0.717) is 0 Å². The van der Waals surface area contributed by atoms with E-state index in [1.54, 1.807) is 0 Å². The van der Waals surface area contributed by atoms with Gasteiger partial charge >= 0.3 is 0 Å². The lowest BCUT2D eigenvalue weighted by atomic mass is 9.89. The van der Waals surface area contributed by atoms with Crippen molar-refractivity contribution >= 4 is 11.5 Å². The molecule has 4 rings (SSSR count). The maximum atomic E-state index is 13.3. The van der Waals surface area contributed by atoms with Gasteiger partial charge in [0.15, 0.2) is 5.79 Å². The van der Waals surface area contributed by atoms with E-state index < -0.39 is 11.3 Å². The number of benzene rings is 1. The zero-order chi connectivity index (χ0) is 18.5. The van der Waals surface area contributed by atoms with E-state index in [2.05, 4.69) is 5.32 Å². The van der Waals surface area contributed by atoms with Gasteiger partial charge < -0.3 is 19.9 Å². The van der Waals surface area contributed by atoms with Crippen LogP contribution in [0.1, 0.15) is 54.4 Å². The fourth-order valence-corrected chi connectivity index (χ4v) is 4.66. The second-order valence-electron chi connectivity index (χ2n) is 8.06. The quantitative estimate of drug-likeness (QED) is 0.838. The van der Waals surface area contributed by atoms with Crippen molar-refractivity contribution in [2.75, 3.05) is 13.2 Å². The van der Waals surface area contributed by atoms with Crippen molar-refractivity contribution in [1.82, 2.24) is 5.32 Å². The summed E-state index contributed by atoms with van der Waals surface area (Å²) >= 11 is 0. The maximum Gasteiger partial charge on any atom is 0.251 e. The smallest absolute Gasteiger partial charge is 0.251 e. The number of rotatable bonds is 1. The Kier molecular flexibility index (Phi) is 4.12. The van der Waals surface area contributed by atoms with E-state index in [9.17, 15) is 9.90 Å². The number of carbonyl (C=O) groups is 1. The monoisotopic (exact) mass is 356 g/mol. The molecule has 1 saturated heterocycles. The molecule has 1 amide bonds. The number of nitrogens with one attached hydrogen (secondary N) is 1. The van der Waals surface area contributed by atoms with Gasteiger partial charge in [-0.25, -0.2) is 0 Å². The van der Waals surface area contributed by atoms with E-state index >= 15 is 0 Å². The summed E-state index contributed by atoms with van der Waals surface area (Å²) in [7, 11) is 0. The number of carbonyl (C=O) groups excluding carboxylic acids is 1. The fraction of sp³-hybridized carbons (Fsp3) is 0.571. The summed E-state index contributed by atoms with van der Waals surface area (Å²) in [5.41, 5.74) is 2.91. The molecule has 5 heteroatoms. The SMILES string of the molecule is Cc1cc(C)c(C2=C([O-])C3(COC4(CCCCC4)OC3)NC2=O)c(C)c1. The molecule has 0 aromatic heterocycles. The van der Waals surface area contributed by atoms with Crippen molar-refractivity contribution in [2.24, 2.45) is 0 Å². The van der Waals surface area contributed by atoms with Crippen LogP contribution in [-0.4, -0.2) is 30.4 Å². The number of hydrogen-bond donors (Lipinski definition) is 1. The predicted octanol–water partition coefficient (Wildman–Crippen LogP) is 2.26. The third kappa shape index (κ3) is 2.65. The molecule has 26 heavy (non-hydrogen) atoms. The van der Waals surface area contributed by atoms with Crippen molar-refractivity contribution in [3.63, 3.8) is 0 Å². The van der Waals surface area contributed by atoms with Crippen LogP contribution < -0.4 is 10.4 Å². The molecule has 3 aliphatic rings. The molecule has 1 aromatic rings. The van der Waals surface area contributed by atoms with Crippen LogP contribution in [0.25, 0.3) is 5.57 Å². The standard InChI is InChI=1S/C21H27NO4/c1-13-9-14(2)16(15(3)10-13)17-18(23)20(22-19(17)24)11-25-21(26-12-20)7-5-4-6-8-21/h9-10,23H,4-8,11-12H2,1-3H3,(H,22,24)/p-1. The van der Waals surface area contributed by atoms with Gasteiger partial charge in [0.1, 0.15) is 0 Å². The molecule has 0 bridgehead atoms. The van der Waals surface area contributed by atoms with Crippen molar-refractivity contribution < 1.29 is 19.4 Å². The molecule has 1 saturated carbocycles. The molecule has 5 nitrogen and oxygen atoms in total. The average molecular weight is 356 g/mol. The van der Waals surface area contributed by atoms with Crippen LogP contribution in [0.5, 0.6) is 0 Å². The first-order chi connectivity index (χ1) is 12.4. The van der Waals surface area contributed by atoms with E-state index in [0.717, 1.165) is 47.9 Å². The highest BCUT2D eigenvalue weighted by Gasteiger charge is 2.49. The van der Waals surface area contributed by atoms with Crippen LogP contribution in [0, 0.1) is 20.8 Å². The van der Waals surface area contributed by atoms with Crippen molar-refractivity contribution in [3.8, 4) is 0 Å². The third-order valence-electron chi connectivity index (χ3n) is 5.95. The van der Waals surface area contributed by atoms with Crippen LogP contribution in [0.4, 0.5) is 0 Å². The average Bonchev–Trinajstić information content (AvgIpc) is 2.83. The Morgan fingerprint density at radius 1 is 1.00 bits per heavy atom. The molecule has 140 valence electrons. The van der Waals surface area contributed by atoms with Crippen LogP contribution in [0.2, 0.25) is 0 Å². The van der Waals surface area contributed by atoms with E-state index in [4.69, 9.17) is 9.47 Å². The second kappa shape index (κ2) is 6.10. The van der Waals surface area contributed by atoms with Crippen molar-refractivity contribution in [3.05, 3.63) is 40.1 Å². The summed E-state index contributed by atoms with van der Waals surface area (Å²) in [4.78, 5) is 12.7. The highest BCUT2D eigenvalue weighted by atomic mass is 16.7. The molecule has 2 spiro atoms. The zero-order valence-electron chi connectivity index (χ0n) is 15.7. The highest BCUT2D eigenvalue weighted by Crippen LogP contribution is 2.41. The summed E-state index contributed by atoms with van der Waals surface area (Å²) in [6.07, 6.45) is 5.06. The van der Waals surface area contributed by atoms with E-state index in [1.807, 2.05) is 32.9 Å². The number of ether oxygens (including phenoxy) is 2. The van der Waals surface area contributed by atoms with E-state index in [-0.39, 0.29) is 30.5 Å². The van der Waals surface area contributed by atoms with Crippen molar-refractivity contribution in [1.29, 1.82) is 0 Å². The summed E-state index contributed by atoms with van der Waals surface area (Å²) < 4.78 is 12.1. The Morgan fingerprint density at radius 2 is 1.58 bits per heavy atom.